The molecule has 1 aliphatic carbocycles. The van der Waals surface area contributed by atoms with Crippen molar-refractivity contribution >= 4 is 8.07 Å². The van der Waals surface area contributed by atoms with Crippen molar-refractivity contribution in [3.63, 3.8) is 0 Å². The Morgan fingerprint density at radius 3 is 2.46 bits per heavy atom. The van der Waals surface area contributed by atoms with E-state index in [1.807, 2.05) is 0 Å². The van der Waals surface area contributed by atoms with Gasteiger partial charge in [0, 0.05) is 0 Å². The molecular weight excluding hydrogens is 172 g/mol. The molecule has 0 radical (unpaired) electrons. The SMILES string of the molecule is CCCCC/C=C1\CC1[Si](C)(C)C. The molecule has 0 aromatic carbocycles. The highest BCUT2D eigenvalue weighted by Gasteiger charge is 2.40. The van der Waals surface area contributed by atoms with Gasteiger partial charge in [0.1, 0.15) is 0 Å². The van der Waals surface area contributed by atoms with Crippen LogP contribution < -0.4 is 0 Å². The van der Waals surface area contributed by atoms with Crippen LogP contribution in [0.25, 0.3) is 0 Å². The molecule has 0 bridgehead atoms. The van der Waals surface area contributed by atoms with E-state index in [1.165, 1.54) is 32.1 Å². The van der Waals surface area contributed by atoms with E-state index in [1.54, 1.807) is 5.57 Å². The van der Waals surface area contributed by atoms with Gasteiger partial charge in [0.05, 0.1) is 8.07 Å². The summed E-state index contributed by atoms with van der Waals surface area (Å²) < 4.78 is 0. The van der Waals surface area contributed by atoms with Crippen molar-refractivity contribution in [2.24, 2.45) is 0 Å². The maximum Gasteiger partial charge on any atom is 0.0521 e. The lowest BCUT2D eigenvalue weighted by Crippen LogP contribution is -2.19. The van der Waals surface area contributed by atoms with Crippen LogP contribution in [0.5, 0.6) is 0 Å². The van der Waals surface area contributed by atoms with E-state index in [2.05, 4.69) is 32.6 Å². The summed E-state index contributed by atoms with van der Waals surface area (Å²) in [5.74, 6) is 0. The maximum atomic E-state index is 2.53. The molecule has 0 nitrogen and oxygen atoms in total. The average Bonchev–Trinajstić information content (AvgIpc) is 2.76. The van der Waals surface area contributed by atoms with E-state index in [0.717, 1.165) is 5.54 Å². The first kappa shape index (κ1) is 11.0. The second-order valence-corrected chi connectivity index (χ2v) is 10.8. The largest absolute Gasteiger partial charge is 0.0853 e. The summed E-state index contributed by atoms with van der Waals surface area (Å²) in [4.78, 5) is 0. The highest BCUT2D eigenvalue weighted by atomic mass is 28.3. The minimum Gasteiger partial charge on any atom is -0.0853 e. The molecule has 0 aliphatic heterocycles. The minimum atomic E-state index is -0.823. The predicted octanol–water partition coefficient (Wildman–Crippen LogP) is 4.61. The quantitative estimate of drug-likeness (QED) is 0.342. The summed E-state index contributed by atoms with van der Waals surface area (Å²) in [5.41, 5.74) is 2.82. The van der Waals surface area contributed by atoms with Gasteiger partial charge in [0.15, 0.2) is 0 Å². The summed E-state index contributed by atoms with van der Waals surface area (Å²) in [6.45, 7) is 9.74. The number of allylic oxidation sites excluding steroid dienone is 2. The zero-order valence-corrected chi connectivity index (χ0v) is 10.7. The molecule has 0 aromatic heterocycles. The third-order valence-corrected chi connectivity index (χ3v) is 5.65. The van der Waals surface area contributed by atoms with Crippen molar-refractivity contribution in [1.82, 2.24) is 0 Å². The molecule has 76 valence electrons. The van der Waals surface area contributed by atoms with Crippen molar-refractivity contribution in [3.8, 4) is 0 Å². The Kier molecular flexibility index (Phi) is 3.78. The smallest absolute Gasteiger partial charge is 0.0521 e. The molecular formula is C12H24Si. The first-order valence-corrected chi connectivity index (χ1v) is 9.32. The number of hydrogen-bond donors (Lipinski definition) is 0. The summed E-state index contributed by atoms with van der Waals surface area (Å²) in [6.07, 6.45) is 9.45. The lowest BCUT2D eigenvalue weighted by atomic mass is 10.2. The summed E-state index contributed by atoms with van der Waals surface area (Å²) in [6, 6.07) is 0. The van der Waals surface area contributed by atoms with E-state index in [-0.39, 0.29) is 0 Å². The van der Waals surface area contributed by atoms with Gasteiger partial charge in [-0.3, -0.25) is 0 Å². The van der Waals surface area contributed by atoms with Crippen LogP contribution in [0.2, 0.25) is 25.2 Å². The van der Waals surface area contributed by atoms with Gasteiger partial charge < -0.3 is 0 Å². The zero-order chi connectivity index (χ0) is 9.90. The predicted molar refractivity (Wildman–Crippen MR) is 63.9 cm³/mol. The Labute approximate surface area is 84.4 Å². The summed E-state index contributed by atoms with van der Waals surface area (Å²) in [7, 11) is -0.823. The van der Waals surface area contributed by atoms with Crippen LogP contribution in [0.4, 0.5) is 0 Å². The lowest BCUT2D eigenvalue weighted by Gasteiger charge is -2.12. The van der Waals surface area contributed by atoms with Crippen molar-refractivity contribution in [1.29, 1.82) is 0 Å². The number of unbranched alkanes of at least 4 members (excludes halogenated alkanes) is 3. The third kappa shape index (κ3) is 3.68. The van der Waals surface area contributed by atoms with Crippen molar-refractivity contribution in [2.45, 2.75) is 64.2 Å². The monoisotopic (exact) mass is 196 g/mol. The van der Waals surface area contributed by atoms with Gasteiger partial charge in [0.2, 0.25) is 0 Å². The third-order valence-electron chi connectivity index (χ3n) is 2.99. The second kappa shape index (κ2) is 4.45. The molecule has 1 fully saturated rings. The second-order valence-electron chi connectivity index (χ2n) is 5.40. The molecule has 1 atom stereocenters. The van der Waals surface area contributed by atoms with Gasteiger partial charge >= 0.3 is 0 Å². The topological polar surface area (TPSA) is 0 Å². The molecule has 1 unspecified atom stereocenters. The van der Waals surface area contributed by atoms with Crippen LogP contribution in [-0.4, -0.2) is 8.07 Å². The molecule has 13 heavy (non-hydrogen) atoms. The first-order chi connectivity index (χ1) is 6.05. The minimum absolute atomic E-state index is 0.823. The van der Waals surface area contributed by atoms with E-state index in [4.69, 9.17) is 0 Å². The molecule has 1 heteroatoms. The Hall–Kier alpha value is -0.0431. The molecule has 1 rings (SSSR count). The van der Waals surface area contributed by atoms with Crippen LogP contribution in [0.3, 0.4) is 0 Å². The van der Waals surface area contributed by atoms with Crippen molar-refractivity contribution in [2.75, 3.05) is 0 Å². The summed E-state index contributed by atoms with van der Waals surface area (Å²) >= 11 is 0. The van der Waals surface area contributed by atoms with Crippen LogP contribution in [-0.2, 0) is 0 Å². The Morgan fingerprint density at radius 1 is 1.31 bits per heavy atom. The van der Waals surface area contributed by atoms with Crippen LogP contribution in [0.1, 0.15) is 39.0 Å². The molecule has 1 aliphatic rings. The van der Waals surface area contributed by atoms with Gasteiger partial charge in [-0.25, -0.2) is 0 Å². The Morgan fingerprint density at radius 2 is 2.00 bits per heavy atom. The molecule has 0 spiro atoms. The number of hydrogen-bond acceptors (Lipinski definition) is 0. The van der Waals surface area contributed by atoms with E-state index < -0.39 is 8.07 Å². The highest BCUT2D eigenvalue weighted by Crippen LogP contribution is 2.51. The maximum absolute atomic E-state index is 2.53. The van der Waals surface area contributed by atoms with Crippen LogP contribution in [0.15, 0.2) is 11.6 Å². The fourth-order valence-electron chi connectivity index (χ4n) is 1.95. The molecule has 0 saturated heterocycles. The normalized spacial score (nSPS) is 25.2. The van der Waals surface area contributed by atoms with Gasteiger partial charge in [-0.2, -0.15) is 0 Å². The lowest BCUT2D eigenvalue weighted by molar-refractivity contribution is 0.728. The van der Waals surface area contributed by atoms with Crippen LogP contribution >= 0.6 is 0 Å². The van der Waals surface area contributed by atoms with Gasteiger partial charge in [-0.15, -0.1) is 0 Å². The molecule has 1 saturated carbocycles. The van der Waals surface area contributed by atoms with E-state index >= 15 is 0 Å². The Balaban J connectivity index is 2.18. The molecule has 0 N–H and O–H groups in total. The zero-order valence-electron chi connectivity index (χ0n) is 9.69. The number of rotatable bonds is 5. The van der Waals surface area contributed by atoms with E-state index in [9.17, 15) is 0 Å². The fraction of sp³-hybridized carbons (Fsp3) is 0.833. The van der Waals surface area contributed by atoms with Gasteiger partial charge in [0.25, 0.3) is 0 Å². The van der Waals surface area contributed by atoms with Gasteiger partial charge in [-0.1, -0.05) is 51.1 Å². The highest BCUT2D eigenvalue weighted by molar-refractivity contribution is 6.79. The average molecular weight is 196 g/mol. The molecule has 0 amide bonds. The van der Waals surface area contributed by atoms with Gasteiger partial charge in [-0.05, 0) is 24.8 Å². The van der Waals surface area contributed by atoms with Crippen LogP contribution in [0, 0.1) is 0 Å². The van der Waals surface area contributed by atoms with Crippen molar-refractivity contribution < 1.29 is 0 Å². The van der Waals surface area contributed by atoms with Crippen molar-refractivity contribution in [3.05, 3.63) is 11.6 Å². The molecule has 0 aromatic rings. The summed E-state index contributed by atoms with van der Waals surface area (Å²) in [5, 5.41) is 0. The molecule has 0 heterocycles. The van der Waals surface area contributed by atoms with E-state index in [0.29, 0.717) is 0 Å². The fourth-order valence-corrected chi connectivity index (χ4v) is 4.02. The first-order valence-electron chi connectivity index (χ1n) is 5.74. The Bertz CT molecular complexity index is 186. The standard InChI is InChI=1S/C12H24Si/c1-5-6-7-8-9-11-10-12(11)13(2,3)4/h9,12H,5-8,10H2,1-4H3/b11-9+.